The van der Waals surface area contributed by atoms with E-state index >= 15 is 0 Å². The van der Waals surface area contributed by atoms with E-state index in [1.54, 1.807) is 6.07 Å². The SMILES string of the molecule is CC1CN(Cc2ccc3c(c2)OCCO3)CCN1c1ccc(F)cn1. The number of benzene rings is 1. The normalized spacial score (nSPS) is 20.6. The average Bonchev–Trinajstić information content (AvgIpc) is 2.63. The van der Waals surface area contributed by atoms with Crippen molar-refractivity contribution in [2.75, 3.05) is 37.7 Å². The molecule has 3 heterocycles. The zero-order chi connectivity index (χ0) is 17.2. The summed E-state index contributed by atoms with van der Waals surface area (Å²) in [5.41, 5.74) is 1.23. The van der Waals surface area contributed by atoms with Gasteiger partial charge in [0.15, 0.2) is 11.5 Å². The summed E-state index contributed by atoms with van der Waals surface area (Å²) in [6, 6.07) is 9.72. The molecular formula is C19H22FN3O2. The quantitative estimate of drug-likeness (QED) is 0.857. The standard InChI is InChI=1S/C19H22FN3O2/c1-14-12-22(6-7-23(14)19-5-3-16(20)11-21-19)13-15-2-4-17-18(10-15)25-9-8-24-17/h2-5,10-11,14H,6-9,12-13H2,1H3. The highest BCUT2D eigenvalue weighted by Gasteiger charge is 2.25. The average molecular weight is 343 g/mol. The summed E-state index contributed by atoms with van der Waals surface area (Å²) >= 11 is 0. The number of halogens is 1. The van der Waals surface area contributed by atoms with Crippen molar-refractivity contribution >= 4 is 5.82 Å². The van der Waals surface area contributed by atoms with Gasteiger partial charge in [-0.1, -0.05) is 6.07 Å². The number of rotatable bonds is 3. The lowest BCUT2D eigenvalue weighted by Crippen LogP contribution is -2.51. The number of pyridine rings is 1. The number of ether oxygens (including phenoxy) is 2. The minimum Gasteiger partial charge on any atom is -0.486 e. The van der Waals surface area contributed by atoms with Gasteiger partial charge in [-0.25, -0.2) is 9.37 Å². The van der Waals surface area contributed by atoms with Crippen LogP contribution >= 0.6 is 0 Å². The van der Waals surface area contributed by atoms with Gasteiger partial charge in [-0.2, -0.15) is 0 Å². The molecule has 1 aromatic heterocycles. The maximum absolute atomic E-state index is 13.1. The van der Waals surface area contributed by atoms with E-state index < -0.39 is 0 Å². The van der Waals surface area contributed by atoms with E-state index in [0.717, 1.165) is 43.5 Å². The first-order chi connectivity index (χ1) is 12.2. The van der Waals surface area contributed by atoms with Crippen molar-refractivity contribution in [1.29, 1.82) is 0 Å². The molecule has 1 aromatic carbocycles. The first kappa shape index (κ1) is 16.1. The highest BCUT2D eigenvalue weighted by atomic mass is 19.1. The Morgan fingerprint density at radius 1 is 1.12 bits per heavy atom. The molecule has 2 aromatic rings. The molecule has 1 fully saturated rings. The van der Waals surface area contributed by atoms with E-state index in [0.29, 0.717) is 19.3 Å². The topological polar surface area (TPSA) is 37.8 Å². The van der Waals surface area contributed by atoms with Gasteiger partial charge in [-0.3, -0.25) is 4.90 Å². The van der Waals surface area contributed by atoms with E-state index in [4.69, 9.17) is 9.47 Å². The van der Waals surface area contributed by atoms with Gasteiger partial charge in [0, 0.05) is 32.2 Å². The van der Waals surface area contributed by atoms with Crippen LogP contribution in [-0.2, 0) is 6.54 Å². The molecule has 5 nitrogen and oxygen atoms in total. The maximum Gasteiger partial charge on any atom is 0.161 e. The van der Waals surface area contributed by atoms with Crippen LogP contribution in [0.3, 0.4) is 0 Å². The second-order valence-corrected chi connectivity index (χ2v) is 6.59. The molecule has 0 saturated carbocycles. The van der Waals surface area contributed by atoms with Gasteiger partial charge in [0.1, 0.15) is 24.8 Å². The fraction of sp³-hybridized carbons (Fsp3) is 0.421. The predicted octanol–water partition coefficient (Wildman–Crippen LogP) is 2.70. The van der Waals surface area contributed by atoms with Gasteiger partial charge < -0.3 is 14.4 Å². The number of nitrogens with zero attached hydrogens (tertiary/aromatic N) is 3. The molecule has 0 N–H and O–H groups in total. The molecule has 132 valence electrons. The molecule has 1 atom stereocenters. The van der Waals surface area contributed by atoms with E-state index in [-0.39, 0.29) is 5.82 Å². The number of anilines is 1. The fourth-order valence-corrected chi connectivity index (χ4v) is 3.50. The monoisotopic (exact) mass is 343 g/mol. The van der Waals surface area contributed by atoms with Crippen molar-refractivity contribution in [3.8, 4) is 11.5 Å². The number of piperazine rings is 1. The summed E-state index contributed by atoms with van der Waals surface area (Å²) in [4.78, 5) is 8.87. The summed E-state index contributed by atoms with van der Waals surface area (Å²) in [7, 11) is 0. The van der Waals surface area contributed by atoms with Crippen LogP contribution in [0.5, 0.6) is 11.5 Å². The summed E-state index contributed by atoms with van der Waals surface area (Å²) in [6.45, 7) is 7.04. The van der Waals surface area contributed by atoms with Crippen LogP contribution in [0.1, 0.15) is 12.5 Å². The Hall–Kier alpha value is -2.34. The van der Waals surface area contributed by atoms with Gasteiger partial charge in [0.25, 0.3) is 0 Å². The molecule has 0 bridgehead atoms. The Kier molecular flexibility index (Phi) is 4.44. The number of fused-ring (bicyclic) bond motifs is 1. The minimum absolute atomic E-state index is 0.298. The first-order valence-corrected chi connectivity index (χ1v) is 8.68. The highest BCUT2D eigenvalue weighted by molar-refractivity contribution is 5.44. The molecule has 6 heteroatoms. The number of hydrogen-bond donors (Lipinski definition) is 0. The lowest BCUT2D eigenvalue weighted by atomic mass is 10.1. The van der Waals surface area contributed by atoms with Crippen LogP contribution in [0, 0.1) is 5.82 Å². The van der Waals surface area contributed by atoms with Crippen molar-refractivity contribution in [2.24, 2.45) is 0 Å². The van der Waals surface area contributed by atoms with Gasteiger partial charge in [-0.15, -0.1) is 0 Å². The maximum atomic E-state index is 13.1. The zero-order valence-corrected chi connectivity index (χ0v) is 14.3. The third kappa shape index (κ3) is 3.54. The Labute approximate surface area is 147 Å². The van der Waals surface area contributed by atoms with Crippen molar-refractivity contribution in [2.45, 2.75) is 19.5 Å². The fourth-order valence-electron chi connectivity index (χ4n) is 3.50. The van der Waals surface area contributed by atoms with Crippen molar-refractivity contribution in [1.82, 2.24) is 9.88 Å². The van der Waals surface area contributed by atoms with Crippen molar-refractivity contribution in [3.05, 3.63) is 47.9 Å². The predicted molar refractivity (Wildman–Crippen MR) is 93.7 cm³/mol. The molecule has 2 aliphatic heterocycles. The summed E-state index contributed by atoms with van der Waals surface area (Å²) in [5, 5.41) is 0. The Morgan fingerprint density at radius 3 is 2.72 bits per heavy atom. The third-order valence-corrected chi connectivity index (χ3v) is 4.73. The van der Waals surface area contributed by atoms with Gasteiger partial charge in [0.2, 0.25) is 0 Å². The van der Waals surface area contributed by atoms with E-state index in [1.165, 1.54) is 17.8 Å². The second kappa shape index (κ2) is 6.88. The molecule has 0 aliphatic carbocycles. The van der Waals surface area contributed by atoms with Crippen LogP contribution < -0.4 is 14.4 Å². The van der Waals surface area contributed by atoms with E-state index in [9.17, 15) is 4.39 Å². The number of hydrogen-bond acceptors (Lipinski definition) is 5. The van der Waals surface area contributed by atoms with Crippen LogP contribution in [0.15, 0.2) is 36.5 Å². The lowest BCUT2D eigenvalue weighted by Gasteiger charge is -2.40. The molecule has 0 spiro atoms. The Balaban J connectivity index is 1.40. The molecule has 2 aliphatic rings. The lowest BCUT2D eigenvalue weighted by molar-refractivity contribution is 0.170. The summed E-state index contributed by atoms with van der Waals surface area (Å²) < 4.78 is 24.3. The molecule has 0 radical (unpaired) electrons. The van der Waals surface area contributed by atoms with Crippen molar-refractivity contribution < 1.29 is 13.9 Å². The summed E-state index contributed by atoms with van der Waals surface area (Å²) in [6.07, 6.45) is 1.28. The third-order valence-electron chi connectivity index (χ3n) is 4.73. The first-order valence-electron chi connectivity index (χ1n) is 8.68. The Morgan fingerprint density at radius 2 is 1.96 bits per heavy atom. The summed E-state index contributed by atoms with van der Waals surface area (Å²) in [5.74, 6) is 2.21. The van der Waals surface area contributed by atoms with Crippen molar-refractivity contribution in [3.63, 3.8) is 0 Å². The van der Waals surface area contributed by atoms with Crippen LogP contribution in [-0.4, -0.2) is 48.8 Å². The Bertz CT molecular complexity index is 738. The van der Waals surface area contributed by atoms with Crippen LogP contribution in [0.4, 0.5) is 10.2 Å². The molecule has 1 unspecified atom stereocenters. The van der Waals surface area contributed by atoms with Gasteiger partial charge in [-0.05, 0) is 36.8 Å². The smallest absolute Gasteiger partial charge is 0.161 e. The van der Waals surface area contributed by atoms with Gasteiger partial charge in [0.05, 0.1) is 6.20 Å². The van der Waals surface area contributed by atoms with Crippen LogP contribution in [0.25, 0.3) is 0 Å². The minimum atomic E-state index is -0.298. The zero-order valence-electron chi connectivity index (χ0n) is 14.3. The molecule has 25 heavy (non-hydrogen) atoms. The largest absolute Gasteiger partial charge is 0.486 e. The van der Waals surface area contributed by atoms with Crippen LogP contribution in [0.2, 0.25) is 0 Å². The molecule has 1 saturated heterocycles. The van der Waals surface area contributed by atoms with E-state index in [2.05, 4.69) is 33.8 Å². The highest BCUT2D eigenvalue weighted by Crippen LogP contribution is 2.31. The number of aromatic nitrogens is 1. The molecule has 0 amide bonds. The van der Waals surface area contributed by atoms with Gasteiger partial charge >= 0.3 is 0 Å². The second-order valence-electron chi connectivity index (χ2n) is 6.59. The van der Waals surface area contributed by atoms with E-state index in [1.807, 2.05) is 6.07 Å². The molecular weight excluding hydrogens is 321 g/mol. The molecule has 4 rings (SSSR count).